The number of hydrogen-bond donors (Lipinski definition) is 1. The zero-order valence-corrected chi connectivity index (χ0v) is 21.6. The highest BCUT2D eigenvalue weighted by Crippen LogP contribution is 2.46. The Morgan fingerprint density at radius 3 is 2.57 bits per heavy atom. The third kappa shape index (κ3) is 4.61. The van der Waals surface area contributed by atoms with Crippen LogP contribution < -0.4 is 10.1 Å². The normalized spacial score (nSPS) is 17.4. The van der Waals surface area contributed by atoms with Gasteiger partial charge in [-0.1, -0.05) is 64.2 Å². The van der Waals surface area contributed by atoms with Crippen molar-refractivity contribution in [3.63, 3.8) is 0 Å². The van der Waals surface area contributed by atoms with Crippen LogP contribution in [0.2, 0.25) is 10.0 Å². The number of nitrogens with zero attached hydrogens (tertiary/aromatic N) is 3. The van der Waals surface area contributed by atoms with E-state index >= 15 is 0 Å². The van der Waals surface area contributed by atoms with Gasteiger partial charge in [0.1, 0.15) is 5.02 Å². The monoisotopic (exact) mass is 538 g/mol. The Bertz CT molecular complexity index is 1480. The lowest BCUT2D eigenvalue weighted by Crippen LogP contribution is -2.44. The summed E-state index contributed by atoms with van der Waals surface area (Å²) in [5, 5.41) is 12.1. The molecule has 3 aliphatic heterocycles. The first-order chi connectivity index (χ1) is 18.0. The zero-order chi connectivity index (χ0) is 25.5. The van der Waals surface area contributed by atoms with Gasteiger partial charge in [-0.05, 0) is 36.6 Å². The summed E-state index contributed by atoms with van der Waals surface area (Å²) in [6, 6.07) is 13.1. The number of benzene rings is 2. The fraction of sp³-hybridized carbons (Fsp3) is 0.296. The van der Waals surface area contributed by atoms with E-state index < -0.39 is 0 Å². The van der Waals surface area contributed by atoms with Gasteiger partial charge in [0.25, 0.3) is 0 Å². The van der Waals surface area contributed by atoms with Gasteiger partial charge >= 0.3 is 0 Å². The second-order valence-corrected chi connectivity index (χ2v) is 10.1. The minimum absolute atomic E-state index is 0.176. The molecule has 2 bridgehead atoms. The summed E-state index contributed by atoms with van der Waals surface area (Å²) in [7, 11) is 0. The maximum Gasteiger partial charge on any atom is 0.232 e. The number of carbonyl (C=O) groups is 1. The molecule has 1 atom stereocenters. The summed E-state index contributed by atoms with van der Waals surface area (Å²) in [6.07, 6.45) is 3.90. The SMILES string of the molecule is CC(=O)Nc1cccc(-c2onc(-c3onc4c3OC(N3CCCCC3)Cc3ccc-4c(Cl)c3)c2Cl)c1. The molecule has 1 unspecified atom stereocenters. The molecule has 0 saturated carbocycles. The molecule has 5 heterocycles. The van der Waals surface area contributed by atoms with Crippen molar-refractivity contribution in [3.05, 3.63) is 58.1 Å². The number of likely N-dealkylation sites (tertiary alicyclic amines) is 1. The summed E-state index contributed by atoms with van der Waals surface area (Å²) in [5.74, 6) is 0.866. The summed E-state index contributed by atoms with van der Waals surface area (Å²) in [6.45, 7) is 3.35. The number of fused-ring (bicyclic) bond motifs is 4. The Morgan fingerprint density at radius 2 is 1.78 bits per heavy atom. The number of nitrogens with one attached hydrogen (secondary N) is 1. The minimum atomic E-state index is -0.227. The molecule has 1 saturated heterocycles. The predicted molar refractivity (Wildman–Crippen MR) is 141 cm³/mol. The molecule has 4 aromatic rings. The third-order valence-electron chi connectivity index (χ3n) is 6.70. The molecule has 0 radical (unpaired) electrons. The van der Waals surface area contributed by atoms with E-state index in [0.717, 1.165) is 31.5 Å². The van der Waals surface area contributed by atoms with Crippen molar-refractivity contribution in [3.8, 4) is 39.8 Å². The number of carbonyl (C=O) groups excluding carboxylic acids is 1. The highest BCUT2D eigenvalue weighted by atomic mass is 35.5. The smallest absolute Gasteiger partial charge is 0.232 e. The standard InChI is InChI=1S/C27H24Cl2N4O4/c1-15(34)30-18-7-5-6-17(14-18)25-22(29)24(32-36-25)27-26-23(31-37-27)19-9-8-16(12-20(19)28)13-21(35-26)33-10-3-2-4-11-33/h5-9,12,14,21H,2-4,10-11,13H2,1H3,(H,30,34). The van der Waals surface area contributed by atoms with Gasteiger partial charge in [-0.2, -0.15) is 0 Å². The predicted octanol–water partition coefficient (Wildman–Crippen LogP) is 6.68. The molecule has 7 rings (SSSR count). The molecule has 0 aliphatic carbocycles. The first kappa shape index (κ1) is 24.0. The van der Waals surface area contributed by atoms with Crippen LogP contribution in [0, 0.1) is 0 Å². The van der Waals surface area contributed by atoms with Crippen molar-refractivity contribution in [1.82, 2.24) is 15.2 Å². The molecule has 2 aromatic carbocycles. The van der Waals surface area contributed by atoms with Crippen molar-refractivity contribution in [2.75, 3.05) is 18.4 Å². The van der Waals surface area contributed by atoms with E-state index in [-0.39, 0.29) is 28.6 Å². The van der Waals surface area contributed by atoms with Crippen LogP contribution in [-0.2, 0) is 11.2 Å². The van der Waals surface area contributed by atoms with Crippen LogP contribution in [0.15, 0.2) is 51.5 Å². The van der Waals surface area contributed by atoms with E-state index in [0.29, 0.717) is 45.5 Å². The average molecular weight is 539 g/mol. The maximum atomic E-state index is 11.5. The molecule has 190 valence electrons. The third-order valence-corrected chi connectivity index (χ3v) is 7.36. The number of aromatic nitrogens is 2. The fourth-order valence-corrected chi connectivity index (χ4v) is 5.48. The Kier molecular flexibility index (Phi) is 6.40. The minimum Gasteiger partial charge on any atom is -0.468 e. The molecule has 0 spiro atoms. The Morgan fingerprint density at radius 1 is 1.00 bits per heavy atom. The van der Waals surface area contributed by atoms with E-state index in [2.05, 4.69) is 20.5 Å². The summed E-state index contributed by atoms with van der Waals surface area (Å²) < 4.78 is 18.1. The largest absolute Gasteiger partial charge is 0.468 e. The Balaban J connectivity index is 1.43. The number of rotatable bonds is 4. The Hall–Kier alpha value is -3.33. The summed E-state index contributed by atoms with van der Waals surface area (Å²) >= 11 is 13.4. The van der Waals surface area contributed by atoms with Crippen LogP contribution in [0.1, 0.15) is 31.7 Å². The first-order valence-corrected chi connectivity index (χ1v) is 13.0. The molecular formula is C27H24Cl2N4O4. The van der Waals surface area contributed by atoms with Gasteiger partial charge < -0.3 is 19.1 Å². The topological polar surface area (TPSA) is 93.6 Å². The molecular weight excluding hydrogens is 515 g/mol. The van der Waals surface area contributed by atoms with Crippen LogP contribution in [0.4, 0.5) is 5.69 Å². The van der Waals surface area contributed by atoms with Crippen LogP contribution in [0.3, 0.4) is 0 Å². The van der Waals surface area contributed by atoms with Gasteiger partial charge in [-0.15, -0.1) is 0 Å². The van der Waals surface area contributed by atoms with Crippen molar-refractivity contribution in [2.24, 2.45) is 0 Å². The van der Waals surface area contributed by atoms with Gasteiger partial charge in [0.05, 0.1) is 5.02 Å². The number of anilines is 1. The molecule has 1 amide bonds. The molecule has 37 heavy (non-hydrogen) atoms. The zero-order valence-electron chi connectivity index (χ0n) is 20.1. The molecule has 2 aromatic heterocycles. The van der Waals surface area contributed by atoms with Crippen molar-refractivity contribution >= 4 is 34.8 Å². The van der Waals surface area contributed by atoms with Crippen LogP contribution in [0.25, 0.3) is 34.0 Å². The van der Waals surface area contributed by atoms with Gasteiger partial charge in [-0.3, -0.25) is 9.69 Å². The highest BCUT2D eigenvalue weighted by Gasteiger charge is 2.33. The second kappa shape index (κ2) is 9.85. The Labute approximate surface area is 223 Å². The fourth-order valence-electron chi connectivity index (χ4n) is 4.92. The summed E-state index contributed by atoms with van der Waals surface area (Å²) in [4.78, 5) is 13.8. The summed E-state index contributed by atoms with van der Waals surface area (Å²) in [5.41, 5.74) is 3.83. The average Bonchev–Trinajstić information content (AvgIpc) is 3.48. The first-order valence-electron chi connectivity index (χ1n) is 12.2. The lowest BCUT2D eigenvalue weighted by Gasteiger charge is -2.34. The molecule has 3 aliphatic rings. The van der Waals surface area contributed by atoms with Gasteiger partial charge in [0, 0.05) is 43.2 Å². The van der Waals surface area contributed by atoms with Gasteiger partial charge in [0.15, 0.2) is 29.1 Å². The van der Waals surface area contributed by atoms with Gasteiger partial charge in [-0.25, -0.2) is 0 Å². The lowest BCUT2D eigenvalue weighted by atomic mass is 10.0. The van der Waals surface area contributed by atoms with E-state index in [9.17, 15) is 4.79 Å². The van der Waals surface area contributed by atoms with Crippen LogP contribution in [0.5, 0.6) is 5.75 Å². The van der Waals surface area contributed by atoms with Crippen LogP contribution in [-0.4, -0.2) is 40.4 Å². The van der Waals surface area contributed by atoms with Crippen molar-refractivity contribution in [2.45, 2.75) is 38.8 Å². The van der Waals surface area contributed by atoms with Crippen molar-refractivity contribution < 1.29 is 18.6 Å². The molecule has 8 nitrogen and oxygen atoms in total. The number of hydrogen-bond acceptors (Lipinski definition) is 7. The highest BCUT2D eigenvalue weighted by molar-refractivity contribution is 6.35. The molecule has 1 fully saturated rings. The number of halogens is 2. The molecule has 10 heteroatoms. The maximum absolute atomic E-state index is 11.5. The number of piperidine rings is 1. The number of amides is 1. The van der Waals surface area contributed by atoms with E-state index in [1.807, 2.05) is 24.3 Å². The number of ether oxygens (including phenoxy) is 1. The van der Waals surface area contributed by atoms with E-state index in [1.165, 1.54) is 13.3 Å². The van der Waals surface area contributed by atoms with Gasteiger partial charge in [0.2, 0.25) is 11.7 Å². The van der Waals surface area contributed by atoms with E-state index in [4.69, 9.17) is 37.0 Å². The second-order valence-electron chi connectivity index (χ2n) is 9.31. The van der Waals surface area contributed by atoms with E-state index in [1.54, 1.807) is 18.2 Å². The van der Waals surface area contributed by atoms with Crippen molar-refractivity contribution in [1.29, 1.82) is 0 Å². The van der Waals surface area contributed by atoms with Crippen LogP contribution >= 0.6 is 23.2 Å². The lowest BCUT2D eigenvalue weighted by molar-refractivity contribution is -0.114. The molecule has 1 N–H and O–H groups in total. The quantitative estimate of drug-likeness (QED) is 0.309.